The topological polar surface area (TPSA) is 62.3 Å². The minimum Gasteiger partial charge on any atom is -0.357 e. The van der Waals surface area contributed by atoms with Crippen LogP contribution in [0.25, 0.3) is 0 Å². The highest BCUT2D eigenvalue weighted by molar-refractivity contribution is 7.90. The summed E-state index contributed by atoms with van der Waals surface area (Å²) in [5.41, 5.74) is 0. The highest BCUT2D eigenvalue weighted by atomic mass is 35.5. The number of nitrogens with zero attached hydrogens (tertiary/aromatic N) is 2. The van der Waals surface area contributed by atoms with E-state index in [-0.39, 0.29) is 11.3 Å². The van der Waals surface area contributed by atoms with Gasteiger partial charge < -0.3 is 4.90 Å². The minimum atomic E-state index is -3.32. The number of hydrogen-bond acceptors (Lipinski definition) is 4. The van der Waals surface area contributed by atoms with E-state index in [1.807, 2.05) is 18.2 Å². The van der Waals surface area contributed by atoms with Crippen molar-refractivity contribution in [1.82, 2.24) is 9.71 Å². The number of halogens is 1. The molecule has 0 aromatic carbocycles. The molecule has 2 rings (SSSR count). The maximum absolute atomic E-state index is 11.4. The molecule has 5 nitrogen and oxygen atoms in total. The molecule has 18 heavy (non-hydrogen) atoms. The maximum atomic E-state index is 11.4. The van der Waals surface area contributed by atoms with Crippen molar-refractivity contribution in [3.63, 3.8) is 0 Å². The van der Waals surface area contributed by atoms with Crippen molar-refractivity contribution in [2.75, 3.05) is 23.2 Å². The van der Waals surface area contributed by atoms with Gasteiger partial charge in [-0.05, 0) is 25.0 Å². The van der Waals surface area contributed by atoms with Gasteiger partial charge in [0.05, 0.1) is 0 Å². The molecule has 0 amide bonds. The summed E-state index contributed by atoms with van der Waals surface area (Å²) in [4.78, 5) is 6.44. The fourth-order valence-electron chi connectivity index (χ4n) is 2.05. The molecule has 0 unspecified atom stereocenters. The van der Waals surface area contributed by atoms with Gasteiger partial charge in [0.15, 0.2) is 0 Å². The fraction of sp³-hybridized carbons (Fsp3) is 0.545. The van der Waals surface area contributed by atoms with E-state index in [0.717, 1.165) is 31.7 Å². The first-order valence-electron chi connectivity index (χ1n) is 5.83. The van der Waals surface area contributed by atoms with E-state index in [4.69, 9.17) is 11.6 Å². The van der Waals surface area contributed by atoms with Crippen LogP contribution < -0.4 is 9.62 Å². The summed E-state index contributed by atoms with van der Waals surface area (Å²) in [6.07, 6.45) is 3.30. The molecule has 1 saturated heterocycles. The molecule has 1 fully saturated rings. The molecule has 0 atom stereocenters. The number of anilines is 1. The SMILES string of the molecule is O=S(=O)(CCl)NC1CCN(c2ccccn2)CC1. The van der Waals surface area contributed by atoms with Gasteiger partial charge in [0.2, 0.25) is 10.0 Å². The van der Waals surface area contributed by atoms with E-state index in [1.165, 1.54) is 0 Å². The Morgan fingerprint density at radius 1 is 1.39 bits per heavy atom. The van der Waals surface area contributed by atoms with Crippen LogP contribution in [0.4, 0.5) is 5.82 Å². The van der Waals surface area contributed by atoms with Gasteiger partial charge in [-0.3, -0.25) is 0 Å². The van der Waals surface area contributed by atoms with Gasteiger partial charge in [-0.15, -0.1) is 11.6 Å². The predicted octanol–water partition coefficient (Wildman–Crippen LogP) is 1.17. The number of rotatable bonds is 4. The molecule has 1 aromatic rings. The first-order chi connectivity index (χ1) is 8.61. The van der Waals surface area contributed by atoms with Gasteiger partial charge in [0, 0.05) is 25.3 Å². The zero-order valence-corrected chi connectivity index (χ0v) is 11.5. The molecule has 0 saturated carbocycles. The molecule has 1 aromatic heterocycles. The van der Waals surface area contributed by atoms with Crippen molar-refractivity contribution in [2.24, 2.45) is 0 Å². The smallest absolute Gasteiger partial charge is 0.225 e. The first-order valence-corrected chi connectivity index (χ1v) is 8.01. The van der Waals surface area contributed by atoms with Crippen LogP contribution in [0.5, 0.6) is 0 Å². The Morgan fingerprint density at radius 2 is 2.11 bits per heavy atom. The van der Waals surface area contributed by atoms with Crippen LogP contribution in [0.15, 0.2) is 24.4 Å². The average molecular weight is 290 g/mol. The van der Waals surface area contributed by atoms with Crippen molar-refractivity contribution in [1.29, 1.82) is 0 Å². The van der Waals surface area contributed by atoms with Crippen molar-refractivity contribution < 1.29 is 8.42 Å². The van der Waals surface area contributed by atoms with E-state index < -0.39 is 10.0 Å². The van der Waals surface area contributed by atoms with Crippen molar-refractivity contribution >= 4 is 27.4 Å². The minimum absolute atomic E-state index is 0.0197. The molecular weight excluding hydrogens is 274 g/mol. The number of aromatic nitrogens is 1. The molecule has 1 aliphatic heterocycles. The average Bonchev–Trinajstić information content (AvgIpc) is 2.40. The standard InChI is InChI=1S/C11H16ClN3O2S/c12-9-18(16,17)14-10-4-7-15(8-5-10)11-3-1-2-6-13-11/h1-3,6,10,14H,4-5,7-9H2. The van der Waals surface area contributed by atoms with E-state index in [0.29, 0.717) is 0 Å². The number of pyridine rings is 1. The Balaban J connectivity index is 1.89. The van der Waals surface area contributed by atoms with Crippen LogP contribution in [0, 0.1) is 0 Å². The maximum Gasteiger partial charge on any atom is 0.225 e. The molecule has 0 spiro atoms. The Labute approximate surface area is 112 Å². The quantitative estimate of drug-likeness (QED) is 0.845. The van der Waals surface area contributed by atoms with Crippen LogP contribution in [-0.2, 0) is 10.0 Å². The first kappa shape index (κ1) is 13.6. The van der Waals surface area contributed by atoms with Crippen LogP contribution >= 0.6 is 11.6 Å². The third kappa shape index (κ3) is 3.57. The lowest BCUT2D eigenvalue weighted by molar-refractivity contribution is 0.459. The third-order valence-corrected chi connectivity index (χ3v) is 4.80. The third-order valence-electron chi connectivity index (χ3n) is 2.96. The van der Waals surface area contributed by atoms with E-state index in [1.54, 1.807) is 6.20 Å². The lowest BCUT2D eigenvalue weighted by Gasteiger charge is -2.32. The number of piperidine rings is 1. The fourth-order valence-corrected chi connectivity index (χ4v) is 3.05. The molecule has 100 valence electrons. The van der Waals surface area contributed by atoms with Crippen LogP contribution in [-0.4, -0.2) is 37.7 Å². The summed E-state index contributed by atoms with van der Waals surface area (Å²) in [6, 6.07) is 5.77. The molecule has 0 bridgehead atoms. The zero-order chi connectivity index (χ0) is 13.0. The summed E-state index contributed by atoms with van der Waals surface area (Å²) >= 11 is 5.37. The van der Waals surface area contributed by atoms with Gasteiger partial charge in [-0.1, -0.05) is 6.07 Å². The van der Waals surface area contributed by atoms with Crippen molar-refractivity contribution in [3.8, 4) is 0 Å². The summed E-state index contributed by atoms with van der Waals surface area (Å²) in [7, 11) is -3.32. The van der Waals surface area contributed by atoms with Gasteiger partial charge in [-0.2, -0.15) is 0 Å². The summed E-state index contributed by atoms with van der Waals surface area (Å²) < 4.78 is 25.3. The second kappa shape index (κ2) is 5.86. The van der Waals surface area contributed by atoms with Gasteiger partial charge in [-0.25, -0.2) is 18.1 Å². The second-order valence-corrected chi connectivity index (χ2v) is 6.63. The monoisotopic (exact) mass is 289 g/mol. The van der Waals surface area contributed by atoms with E-state index in [9.17, 15) is 8.42 Å². The molecule has 1 aliphatic rings. The molecule has 2 heterocycles. The largest absolute Gasteiger partial charge is 0.357 e. The van der Waals surface area contributed by atoms with Crippen LogP contribution in [0.1, 0.15) is 12.8 Å². The van der Waals surface area contributed by atoms with Crippen LogP contribution in [0.2, 0.25) is 0 Å². The van der Waals surface area contributed by atoms with E-state index in [2.05, 4.69) is 14.6 Å². The lowest BCUT2D eigenvalue weighted by atomic mass is 10.1. The lowest BCUT2D eigenvalue weighted by Crippen LogP contribution is -2.45. The number of alkyl halides is 1. The Kier molecular flexibility index (Phi) is 4.42. The molecule has 7 heteroatoms. The predicted molar refractivity (Wildman–Crippen MR) is 72.2 cm³/mol. The second-order valence-electron chi connectivity index (χ2n) is 4.29. The number of sulfonamides is 1. The molecule has 0 radical (unpaired) electrons. The number of hydrogen-bond donors (Lipinski definition) is 1. The van der Waals surface area contributed by atoms with Crippen LogP contribution in [0.3, 0.4) is 0 Å². The summed E-state index contributed by atoms with van der Waals surface area (Å²) in [5, 5.41) is -0.381. The summed E-state index contributed by atoms with van der Waals surface area (Å²) in [6.45, 7) is 1.60. The molecular formula is C11H16ClN3O2S. The normalized spacial score (nSPS) is 17.9. The van der Waals surface area contributed by atoms with Gasteiger partial charge in [0.25, 0.3) is 0 Å². The Morgan fingerprint density at radius 3 is 2.67 bits per heavy atom. The molecule has 1 N–H and O–H groups in total. The highest BCUT2D eigenvalue weighted by Crippen LogP contribution is 2.17. The van der Waals surface area contributed by atoms with E-state index >= 15 is 0 Å². The molecule has 0 aliphatic carbocycles. The number of nitrogens with one attached hydrogen (secondary N) is 1. The van der Waals surface area contributed by atoms with Crippen molar-refractivity contribution in [3.05, 3.63) is 24.4 Å². The summed E-state index contributed by atoms with van der Waals surface area (Å²) in [5.74, 6) is 0.941. The van der Waals surface area contributed by atoms with Gasteiger partial charge in [0.1, 0.15) is 11.0 Å². The Bertz CT molecular complexity index is 472. The highest BCUT2D eigenvalue weighted by Gasteiger charge is 2.23. The Hall–Kier alpha value is -0.850. The van der Waals surface area contributed by atoms with Gasteiger partial charge >= 0.3 is 0 Å². The zero-order valence-electron chi connectivity index (χ0n) is 9.92. The van der Waals surface area contributed by atoms with Crippen molar-refractivity contribution in [2.45, 2.75) is 18.9 Å².